The van der Waals surface area contributed by atoms with Crippen LogP contribution >= 0.6 is 11.8 Å². The average molecular weight is 234 g/mol. The zero-order chi connectivity index (χ0) is 11.5. The second-order valence-corrected chi connectivity index (χ2v) is 4.26. The third-order valence-electron chi connectivity index (χ3n) is 2.07. The number of benzene rings is 1. The van der Waals surface area contributed by atoms with Crippen LogP contribution in [-0.2, 0) is 9.59 Å². The number of nitrogens with one attached hydrogen (secondary N) is 2. The van der Waals surface area contributed by atoms with E-state index in [-0.39, 0.29) is 11.8 Å². The second kappa shape index (κ2) is 4.40. The molecule has 0 spiro atoms. The van der Waals surface area contributed by atoms with Gasteiger partial charge in [0.15, 0.2) is 0 Å². The standard InChI is InChI=1S/C11H10N2O2S/c1-2-10(14)12-7-3-4-8-9(5-7)16-6-11(15)13-8/h2-5H,1,6H2,(H,12,14)(H,13,15). The van der Waals surface area contributed by atoms with Gasteiger partial charge in [-0.15, -0.1) is 11.8 Å². The van der Waals surface area contributed by atoms with Crippen molar-refractivity contribution in [2.75, 3.05) is 16.4 Å². The van der Waals surface area contributed by atoms with Crippen LogP contribution in [0.1, 0.15) is 0 Å². The molecule has 0 aromatic heterocycles. The first-order valence-electron chi connectivity index (χ1n) is 4.69. The van der Waals surface area contributed by atoms with E-state index < -0.39 is 0 Å². The minimum Gasteiger partial charge on any atom is -0.324 e. The van der Waals surface area contributed by atoms with Crippen LogP contribution in [0.2, 0.25) is 0 Å². The zero-order valence-electron chi connectivity index (χ0n) is 8.45. The van der Waals surface area contributed by atoms with Gasteiger partial charge < -0.3 is 10.6 Å². The Morgan fingerprint density at radius 2 is 2.38 bits per heavy atom. The number of amides is 2. The van der Waals surface area contributed by atoms with Crippen LogP contribution < -0.4 is 10.6 Å². The molecule has 0 radical (unpaired) electrons. The Bertz CT molecular complexity index is 471. The van der Waals surface area contributed by atoms with Crippen LogP contribution in [0.15, 0.2) is 35.7 Å². The highest BCUT2D eigenvalue weighted by Crippen LogP contribution is 2.33. The summed E-state index contributed by atoms with van der Waals surface area (Å²) in [7, 11) is 0. The molecule has 82 valence electrons. The number of hydrogen-bond donors (Lipinski definition) is 2. The summed E-state index contributed by atoms with van der Waals surface area (Å²) in [5.74, 6) is 0.163. The summed E-state index contributed by atoms with van der Waals surface area (Å²) in [6.07, 6.45) is 1.22. The van der Waals surface area contributed by atoms with E-state index in [4.69, 9.17) is 0 Å². The molecule has 1 aliphatic heterocycles. The van der Waals surface area contributed by atoms with Gasteiger partial charge in [-0.2, -0.15) is 0 Å². The van der Waals surface area contributed by atoms with Gasteiger partial charge in [-0.1, -0.05) is 6.58 Å². The lowest BCUT2D eigenvalue weighted by Gasteiger charge is -2.16. The molecule has 0 fully saturated rings. The Labute approximate surface area is 97.1 Å². The second-order valence-electron chi connectivity index (χ2n) is 3.24. The van der Waals surface area contributed by atoms with E-state index in [1.165, 1.54) is 17.8 Å². The number of carbonyl (C=O) groups excluding carboxylic acids is 2. The van der Waals surface area contributed by atoms with E-state index in [1.807, 2.05) is 6.07 Å². The quantitative estimate of drug-likeness (QED) is 0.768. The minimum atomic E-state index is -0.246. The minimum absolute atomic E-state index is 0.000349. The SMILES string of the molecule is C=CC(=O)Nc1ccc2c(c1)SCC(=O)N2. The lowest BCUT2D eigenvalue weighted by atomic mass is 10.2. The molecule has 2 N–H and O–H groups in total. The van der Waals surface area contributed by atoms with Gasteiger partial charge in [0.25, 0.3) is 0 Å². The molecule has 5 heteroatoms. The predicted molar refractivity (Wildman–Crippen MR) is 64.6 cm³/mol. The van der Waals surface area contributed by atoms with Gasteiger partial charge in [0.2, 0.25) is 11.8 Å². The van der Waals surface area contributed by atoms with Gasteiger partial charge in [-0.25, -0.2) is 0 Å². The van der Waals surface area contributed by atoms with Crippen molar-refractivity contribution in [2.45, 2.75) is 4.90 Å². The topological polar surface area (TPSA) is 58.2 Å². The lowest BCUT2D eigenvalue weighted by molar-refractivity contribution is -0.114. The first-order valence-corrected chi connectivity index (χ1v) is 5.68. The average Bonchev–Trinajstić information content (AvgIpc) is 2.29. The molecule has 1 aliphatic rings. The fourth-order valence-electron chi connectivity index (χ4n) is 1.35. The maximum atomic E-state index is 11.1. The largest absolute Gasteiger partial charge is 0.324 e. The monoisotopic (exact) mass is 234 g/mol. The maximum absolute atomic E-state index is 11.1. The maximum Gasteiger partial charge on any atom is 0.247 e. The summed E-state index contributed by atoms with van der Waals surface area (Å²) in [6, 6.07) is 5.35. The Morgan fingerprint density at radius 1 is 1.56 bits per heavy atom. The van der Waals surface area contributed by atoms with Crippen molar-refractivity contribution < 1.29 is 9.59 Å². The number of hydrogen-bond acceptors (Lipinski definition) is 3. The molecule has 4 nitrogen and oxygen atoms in total. The summed E-state index contributed by atoms with van der Waals surface area (Å²) in [5.41, 5.74) is 1.49. The van der Waals surface area contributed by atoms with Crippen LogP contribution in [-0.4, -0.2) is 17.6 Å². The zero-order valence-corrected chi connectivity index (χ0v) is 9.26. The molecule has 0 aliphatic carbocycles. The molecule has 1 aromatic carbocycles. The van der Waals surface area contributed by atoms with E-state index in [2.05, 4.69) is 17.2 Å². The summed E-state index contributed by atoms with van der Waals surface area (Å²) >= 11 is 1.46. The molecular formula is C11H10N2O2S. The predicted octanol–water partition coefficient (Wildman–Crippen LogP) is 1.86. The number of anilines is 2. The van der Waals surface area contributed by atoms with Crippen molar-refractivity contribution in [1.29, 1.82) is 0 Å². The number of carbonyl (C=O) groups is 2. The summed E-state index contributed by atoms with van der Waals surface area (Å²) in [6.45, 7) is 3.38. The number of fused-ring (bicyclic) bond motifs is 1. The number of rotatable bonds is 2. The lowest BCUT2D eigenvalue weighted by Crippen LogP contribution is -2.18. The van der Waals surface area contributed by atoms with Gasteiger partial charge in [0.05, 0.1) is 11.4 Å². The molecular weight excluding hydrogens is 224 g/mol. The third kappa shape index (κ3) is 2.25. The van der Waals surface area contributed by atoms with E-state index in [1.54, 1.807) is 12.1 Å². The molecule has 16 heavy (non-hydrogen) atoms. The first-order chi connectivity index (χ1) is 7.69. The van der Waals surface area contributed by atoms with Crippen molar-refractivity contribution in [3.8, 4) is 0 Å². The Kier molecular flexibility index (Phi) is 2.96. The van der Waals surface area contributed by atoms with Gasteiger partial charge in [0.1, 0.15) is 0 Å². The molecule has 2 amide bonds. The highest BCUT2D eigenvalue weighted by molar-refractivity contribution is 8.00. The summed E-state index contributed by atoms with van der Waals surface area (Å²) < 4.78 is 0. The van der Waals surface area contributed by atoms with E-state index >= 15 is 0 Å². The molecule has 0 saturated carbocycles. The molecule has 0 bridgehead atoms. The van der Waals surface area contributed by atoms with Crippen LogP contribution in [0.5, 0.6) is 0 Å². The van der Waals surface area contributed by atoms with Gasteiger partial charge in [-0.3, -0.25) is 9.59 Å². The normalized spacial score (nSPS) is 13.6. The van der Waals surface area contributed by atoms with Crippen molar-refractivity contribution in [1.82, 2.24) is 0 Å². The van der Waals surface area contributed by atoms with Crippen molar-refractivity contribution in [2.24, 2.45) is 0 Å². The Hall–Kier alpha value is -1.75. The molecule has 0 saturated heterocycles. The highest BCUT2D eigenvalue weighted by atomic mass is 32.2. The molecule has 0 atom stereocenters. The van der Waals surface area contributed by atoms with Gasteiger partial charge in [-0.05, 0) is 24.3 Å². The smallest absolute Gasteiger partial charge is 0.247 e. The van der Waals surface area contributed by atoms with Crippen LogP contribution in [0.4, 0.5) is 11.4 Å². The molecule has 1 heterocycles. The van der Waals surface area contributed by atoms with Crippen LogP contribution in [0, 0.1) is 0 Å². The van der Waals surface area contributed by atoms with E-state index in [9.17, 15) is 9.59 Å². The van der Waals surface area contributed by atoms with Crippen molar-refractivity contribution in [3.63, 3.8) is 0 Å². The van der Waals surface area contributed by atoms with Gasteiger partial charge >= 0.3 is 0 Å². The Balaban J connectivity index is 2.22. The third-order valence-corrected chi connectivity index (χ3v) is 3.12. The van der Waals surface area contributed by atoms with E-state index in [0.717, 1.165) is 10.6 Å². The van der Waals surface area contributed by atoms with Gasteiger partial charge in [0, 0.05) is 10.6 Å². The van der Waals surface area contributed by atoms with Crippen molar-refractivity contribution >= 4 is 35.0 Å². The highest BCUT2D eigenvalue weighted by Gasteiger charge is 2.15. The van der Waals surface area contributed by atoms with Crippen LogP contribution in [0.25, 0.3) is 0 Å². The van der Waals surface area contributed by atoms with Crippen LogP contribution in [0.3, 0.4) is 0 Å². The summed E-state index contributed by atoms with van der Waals surface area (Å²) in [4.78, 5) is 23.2. The fourth-order valence-corrected chi connectivity index (χ4v) is 2.19. The number of thioether (sulfide) groups is 1. The van der Waals surface area contributed by atoms with E-state index in [0.29, 0.717) is 11.4 Å². The molecule has 1 aromatic rings. The first kappa shape index (κ1) is 10.8. The summed E-state index contributed by atoms with van der Waals surface area (Å²) in [5, 5.41) is 5.43. The fraction of sp³-hybridized carbons (Fsp3) is 0.0909. The molecule has 0 unspecified atom stereocenters. The Morgan fingerprint density at radius 3 is 3.12 bits per heavy atom. The molecule has 2 rings (SSSR count). The van der Waals surface area contributed by atoms with Crippen molar-refractivity contribution in [3.05, 3.63) is 30.9 Å².